The molecule has 0 rings (SSSR count). The fraction of sp³-hybridized carbons (Fsp3) is 0.867. The molecule has 0 aliphatic rings. The Morgan fingerprint density at radius 3 is 2.32 bits per heavy atom. The minimum absolute atomic E-state index is 0.232. The molecule has 19 heavy (non-hydrogen) atoms. The van der Waals surface area contributed by atoms with Crippen LogP contribution in [0.1, 0.15) is 47.0 Å². The number of hydrogen-bond acceptors (Lipinski definition) is 2. The summed E-state index contributed by atoms with van der Waals surface area (Å²) in [4.78, 5) is 0. The average Bonchev–Trinajstić information content (AvgIpc) is 2.22. The second-order valence-corrected chi connectivity index (χ2v) is 13.2. The number of hydrogen-bond donors (Lipinski definition) is 1. The largest absolute Gasteiger partial charge is 0.417 e. The quantitative estimate of drug-likeness (QED) is 0.349. The van der Waals surface area contributed by atoms with Gasteiger partial charge in [0, 0.05) is 6.61 Å². The van der Waals surface area contributed by atoms with Crippen molar-refractivity contribution in [3.05, 3.63) is 10.2 Å². The molecule has 0 saturated heterocycles. The summed E-state index contributed by atoms with van der Waals surface area (Å²) >= 11 is 2.24. The highest BCUT2D eigenvalue weighted by atomic mass is 127. The van der Waals surface area contributed by atoms with Crippen molar-refractivity contribution in [3.63, 3.8) is 0 Å². The first-order valence-corrected chi connectivity index (χ1v) is 11.1. The first kappa shape index (κ1) is 19.6. The first-order valence-electron chi connectivity index (χ1n) is 7.13. The molecule has 0 aromatic carbocycles. The average molecular weight is 398 g/mol. The number of halogens is 1. The van der Waals surface area contributed by atoms with Crippen LogP contribution in [0.25, 0.3) is 0 Å². The van der Waals surface area contributed by atoms with E-state index in [9.17, 15) is 5.11 Å². The van der Waals surface area contributed by atoms with Gasteiger partial charge >= 0.3 is 0 Å². The van der Waals surface area contributed by atoms with Gasteiger partial charge in [0.15, 0.2) is 8.32 Å². The molecule has 0 heterocycles. The molecule has 2 atom stereocenters. The van der Waals surface area contributed by atoms with Crippen LogP contribution in [0.3, 0.4) is 0 Å². The fourth-order valence-electron chi connectivity index (χ4n) is 1.52. The molecule has 0 saturated carbocycles. The van der Waals surface area contributed by atoms with E-state index in [1.807, 2.05) is 0 Å². The van der Waals surface area contributed by atoms with E-state index in [-0.39, 0.29) is 11.1 Å². The molecule has 0 spiro atoms. The Kier molecular flexibility index (Phi) is 8.41. The summed E-state index contributed by atoms with van der Waals surface area (Å²) in [5, 5.41) is 10.2. The summed E-state index contributed by atoms with van der Waals surface area (Å²) in [6.07, 6.45) is 2.34. The van der Waals surface area contributed by atoms with Crippen LogP contribution in [-0.2, 0) is 4.43 Å². The SMILES string of the molecule is C=C(I)[C@H](C)C[C@H](O)CCCO[Si](C)(C)C(C)(C)C. The molecule has 0 aromatic rings. The lowest BCUT2D eigenvalue weighted by Crippen LogP contribution is -2.41. The predicted octanol–water partition coefficient (Wildman–Crippen LogP) is 5.12. The summed E-state index contributed by atoms with van der Waals surface area (Å²) in [5.41, 5.74) is 0. The Morgan fingerprint density at radius 2 is 1.89 bits per heavy atom. The third kappa shape index (κ3) is 7.83. The van der Waals surface area contributed by atoms with E-state index in [1.54, 1.807) is 0 Å². The minimum atomic E-state index is -1.62. The maximum Gasteiger partial charge on any atom is 0.191 e. The lowest BCUT2D eigenvalue weighted by atomic mass is 10.0. The summed E-state index contributed by atoms with van der Waals surface area (Å²) in [6, 6.07) is 0. The monoisotopic (exact) mass is 398 g/mol. The molecule has 0 radical (unpaired) electrons. The Morgan fingerprint density at radius 1 is 1.37 bits per heavy atom. The van der Waals surface area contributed by atoms with Crippen molar-refractivity contribution in [1.82, 2.24) is 0 Å². The summed E-state index contributed by atoms with van der Waals surface area (Å²) in [6.45, 7) is 18.1. The van der Waals surface area contributed by atoms with Crippen molar-refractivity contribution in [2.45, 2.75) is 71.2 Å². The standard InChI is InChI=1S/C15H31IO2Si/c1-12(13(2)16)11-14(17)9-8-10-18-19(6,7)15(3,4)5/h12,14,17H,2,8-11H2,1,3-7H3/t12-,14-/m1/s1. The molecular formula is C15H31IO2Si. The maximum atomic E-state index is 9.97. The van der Waals surface area contributed by atoms with Gasteiger partial charge in [-0.05, 0) is 69.5 Å². The van der Waals surface area contributed by atoms with E-state index in [4.69, 9.17) is 4.43 Å². The number of aliphatic hydroxyl groups excluding tert-OH is 1. The van der Waals surface area contributed by atoms with E-state index < -0.39 is 8.32 Å². The molecule has 2 nitrogen and oxygen atoms in total. The van der Waals surface area contributed by atoms with Crippen LogP contribution in [0, 0.1) is 5.92 Å². The van der Waals surface area contributed by atoms with Gasteiger partial charge in [-0.25, -0.2) is 0 Å². The molecule has 0 amide bonds. The third-order valence-electron chi connectivity index (χ3n) is 4.11. The van der Waals surface area contributed by atoms with Crippen molar-refractivity contribution in [1.29, 1.82) is 0 Å². The van der Waals surface area contributed by atoms with Gasteiger partial charge in [0.05, 0.1) is 6.10 Å². The summed E-state index contributed by atoms with van der Waals surface area (Å²) in [5.74, 6) is 0.386. The first-order chi connectivity index (χ1) is 8.47. The topological polar surface area (TPSA) is 29.5 Å². The fourth-order valence-corrected chi connectivity index (χ4v) is 2.86. The second-order valence-electron chi connectivity index (χ2n) is 6.99. The van der Waals surface area contributed by atoms with E-state index in [0.29, 0.717) is 5.92 Å². The number of rotatable bonds is 8. The highest BCUT2D eigenvalue weighted by Crippen LogP contribution is 2.36. The molecule has 0 bridgehead atoms. The van der Waals surface area contributed by atoms with Crippen LogP contribution < -0.4 is 0 Å². The molecular weight excluding hydrogens is 367 g/mol. The van der Waals surface area contributed by atoms with Gasteiger partial charge in [-0.15, -0.1) is 0 Å². The molecule has 0 fully saturated rings. The van der Waals surface area contributed by atoms with Gasteiger partial charge in [0.25, 0.3) is 0 Å². The van der Waals surface area contributed by atoms with Crippen LogP contribution in [0.15, 0.2) is 10.2 Å². The van der Waals surface area contributed by atoms with Gasteiger partial charge in [0.2, 0.25) is 0 Å². The van der Waals surface area contributed by atoms with E-state index >= 15 is 0 Å². The Hall–Kier alpha value is 0.607. The van der Waals surface area contributed by atoms with Gasteiger partial charge in [0.1, 0.15) is 0 Å². The molecule has 4 heteroatoms. The molecule has 0 unspecified atom stereocenters. The van der Waals surface area contributed by atoms with Crippen LogP contribution in [0.5, 0.6) is 0 Å². The highest BCUT2D eigenvalue weighted by molar-refractivity contribution is 14.1. The van der Waals surface area contributed by atoms with Gasteiger partial charge in [-0.1, -0.05) is 34.3 Å². The normalized spacial score (nSPS) is 16.2. The van der Waals surface area contributed by atoms with Crippen molar-refractivity contribution in [3.8, 4) is 0 Å². The highest BCUT2D eigenvalue weighted by Gasteiger charge is 2.36. The third-order valence-corrected chi connectivity index (χ3v) is 9.71. The van der Waals surface area contributed by atoms with Gasteiger partial charge in [-0.2, -0.15) is 0 Å². The lowest BCUT2D eigenvalue weighted by Gasteiger charge is -2.36. The van der Waals surface area contributed by atoms with Gasteiger partial charge < -0.3 is 9.53 Å². The molecule has 0 aliphatic heterocycles. The van der Waals surface area contributed by atoms with Crippen molar-refractivity contribution in [2.75, 3.05) is 6.61 Å². The molecule has 1 N–H and O–H groups in total. The zero-order valence-corrected chi connectivity index (χ0v) is 16.6. The smallest absolute Gasteiger partial charge is 0.191 e. The van der Waals surface area contributed by atoms with Crippen LogP contribution >= 0.6 is 22.6 Å². The number of aliphatic hydroxyl groups is 1. The summed E-state index contributed by atoms with van der Waals surface area (Å²) < 4.78 is 7.23. The molecule has 0 aromatic heterocycles. The maximum absolute atomic E-state index is 9.97. The molecule has 114 valence electrons. The van der Waals surface area contributed by atoms with Crippen molar-refractivity contribution >= 4 is 30.9 Å². The Bertz CT molecular complexity index is 284. The Labute approximate surface area is 134 Å². The van der Waals surface area contributed by atoms with Crippen molar-refractivity contribution in [2.24, 2.45) is 5.92 Å². The predicted molar refractivity (Wildman–Crippen MR) is 95.3 cm³/mol. The number of allylic oxidation sites excluding steroid dienone is 1. The zero-order chi connectivity index (χ0) is 15.3. The van der Waals surface area contributed by atoms with E-state index in [2.05, 4.69) is 70.0 Å². The van der Waals surface area contributed by atoms with E-state index in [1.165, 1.54) is 0 Å². The van der Waals surface area contributed by atoms with Crippen LogP contribution in [0.2, 0.25) is 18.1 Å². The van der Waals surface area contributed by atoms with Crippen LogP contribution in [0.4, 0.5) is 0 Å². The summed E-state index contributed by atoms with van der Waals surface area (Å²) in [7, 11) is -1.62. The van der Waals surface area contributed by atoms with Crippen LogP contribution in [-0.4, -0.2) is 26.1 Å². The lowest BCUT2D eigenvalue weighted by molar-refractivity contribution is 0.132. The van der Waals surface area contributed by atoms with E-state index in [0.717, 1.165) is 29.4 Å². The second kappa shape index (κ2) is 8.15. The van der Waals surface area contributed by atoms with Crippen molar-refractivity contribution < 1.29 is 9.53 Å². The molecule has 0 aliphatic carbocycles. The minimum Gasteiger partial charge on any atom is -0.417 e. The Balaban J connectivity index is 3.90. The zero-order valence-electron chi connectivity index (χ0n) is 13.4. The van der Waals surface area contributed by atoms with Gasteiger partial charge in [-0.3, -0.25) is 0 Å².